The molecule has 1 saturated heterocycles. The first-order chi connectivity index (χ1) is 9.54. The van der Waals surface area contributed by atoms with Crippen molar-refractivity contribution in [3.63, 3.8) is 0 Å². The van der Waals surface area contributed by atoms with Crippen LogP contribution in [0.3, 0.4) is 0 Å². The van der Waals surface area contributed by atoms with E-state index in [0.717, 1.165) is 13.1 Å². The minimum atomic E-state index is -0.00407. The summed E-state index contributed by atoms with van der Waals surface area (Å²) in [5.74, 6) is 1.18. The third-order valence-corrected chi connectivity index (χ3v) is 5.38. The molecule has 1 aromatic rings. The van der Waals surface area contributed by atoms with E-state index in [1.54, 1.807) is 0 Å². The molecule has 2 heterocycles. The summed E-state index contributed by atoms with van der Waals surface area (Å²) in [7, 11) is 0. The summed E-state index contributed by atoms with van der Waals surface area (Å²) in [5, 5.41) is 3.17. The zero-order valence-corrected chi connectivity index (χ0v) is 13.2. The Morgan fingerprint density at radius 1 is 1.45 bits per heavy atom. The highest BCUT2D eigenvalue weighted by molar-refractivity contribution is 7.06. The van der Waals surface area contributed by atoms with Gasteiger partial charge in [-0.15, -0.1) is 0 Å². The van der Waals surface area contributed by atoms with Crippen LogP contribution in [0.1, 0.15) is 54.9 Å². The van der Waals surface area contributed by atoms with E-state index in [4.69, 9.17) is 0 Å². The number of rotatable bonds is 4. The van der Waals surface area contributed by atoms with Crippen molar-refractivity contribution >= 4 is 17.4 Å². The fourth-order valence-corrected chi connectivity index (χ4v) is 3.70. The van der Waals surface area contributed by atoms with Crippen LogP contribution in [-0.4, -0.2) is 40.4 Å². The van der Waals surface area contributed by atoms with Gasteiger partial charge in [-0.3, -0.25) is 9.69 Å². The number of nitrogens with zero attached hydrogens (tertiary/aromatic N) is 2. The molecule has 0 spiro atoms. The molecule has 2 aliphatic rings. The lowest BCUT2D eigenvalue weighted by Gasteiger charge is -2.20. The topological polar surface area (TPSA) is 45.2 Å². The SMILES string of the molecule is CC1CN(C(C)C)CC1NC(=O)c1cc(C2CC2)sn1. The van der Waals surface area contributed by atoms with Crippen LogP contribution in [0.2, 0.25) is 0 Å². The second kappa shape index (κ2) is 5.45. The fourth-order valence-electron chi connectivity index (χ4n) is 2.81. The average Bonchev–Trinajstić information content (AvgIpc) is 3.01. The maximum atomic E-state index is 12.3. The van der Waals surface area contributed by atoms with E-state index in [1.807, 2.05) is 6.07 Å². The van der Waals surface area contributed by atoms with Crippen LogP contribution in [0.4, 0.5) is 0 Å². The van der Waals surface area contributed by atoms with Crippen molar-refractivity contribution in [3.05, 3.63) is 16.6 Å². The lowest BCUT2D eigenvalue weighted by atomic mass is 10.1. The third kappa shape index (κ3) is 2.88. The molecule has 20 heavy (non-hydrogen) atoms. The first kappa shape index (κ1) is 14.0. The average molecular weight is 293 g/mol. The molecule has 1 N–H and O–H groups in total. The molecule has 1 aliphatic heterocycles. The minimum Gasteiger partial charge on any atom is -0.346 e. The summed E-state index contributed by atoms with van der Waals surface area (Å²) in [4.78, 5) is 16.0. The van der Waals surface area contributed by atoms with Crippen LogP contribution in [0.5, 0.6) is 0 Å². The molecular weight excluding hydrogens is 270 g/mol. The number of amides is 1. The second-order valence-electron chi connectivity index (χ2n) is 6.49. The maximum Gasteiger partial charge on any atom is 0.271 e. The highest BCUT2D eigenvalue weighted by Crippen LogP contribution is 2.42. The van der Waals surface area contributed by atoms with Crippen LogP contribution >= 0.6 is 11.5 Å². The quantitative estimate of drug-likeness (QED) is 0.927. The van der Waals surface area contributed by atoms with E-state index in [0.29, 0.717) is 23.6 Å². The van der Waals surface area contributed by atoms with Crippen molar-refractivity contribution in [2.45, 2.75) is 51.6 Å². The Hall–Kier alpha value is -0.940. The number of hydrogen-bond donors (Lipinski definition) is 1. The Morgan fingerprint density at radius 3 is 2.80 bits per heavy atom. The number of aromatic nitrogens is 1. The van der Waals surface area contributed by atoms with Gasteiger partial charge in [0.2, 0.25) is 0 Å². The monoisotopic (exact) mass is 293 g/mol. The molecule has 2 unspecified atom stereocenters. The molecule has 1 aromatic heterocycles. The fraction of sp³-hybridized carbons (Fsp3) is 0.733. The van der Waals surface area contributed by atoms with Crippen molar-refractivity contribution < 1.29 is 4.79 Å². The highest BCUT2D eigenvalue weighted by Gasteiger charge is 2.33. The van der Waals surface area contributed by atoms with Gasteiger partial charge in [0.05, 0.1) is 0 Å². The second-order valence-corrected chi connectivity index (χ2v) is 7.33. The molecular formula is C15H23N3OS. The van der Waals surface area contributed by atoms with E-state index >= 15 is 0 Å². The van der Waals surface area contributed by atoms with E-state index < -0.39 is 0 Å². The predicted molar refractivity (Wildman–Crippen MR) is 81.2 cm³/mol. The van der Waals surface area contributed by atoms with E-state index in [2.05, 4.69) is 35.4 Å². The summed E-state index contributed by atoms with van der Waals surface area (Å²) in [6, 6.07) is 2.77. The molecule has 110 valence electrons. The molecule has 0 aromatic carbocycles. The smallest absolute Gasteiger partial charge is 0.271 e. The van der Waals surface area contributed by atoms with E-state index in [1.165, 1.54) is 29.3 Å². The van der Waals surface area contributed by atoms with Crippen molar-refractivity contribution in [2.24, 2.45) is 5.92 Å². The number of hydrogen-bond acceptors (Lipinski definition) is 4. The van der Waals surface area contributed by atoms with Gasteiger partial charge in [-0.05, 0) is 56.1 Å². The lowest BCUT2D eigenvalue weighted by Crippen LogP contribution is -2.40. The molecule has 1 saturated carbocycles. The van der Waals surface area contributed by atoms with Crippen molar-refractivity contribution in [1.82, 2.24) is 14.6 Å². The van der Waals surface area contributed by atoms with Crippen molar-refractivity contribution in [2.75, 3.05) is 13.1 Å². The Kier molecular flexibility index (Phi) is 3.82. The van der Waals surface area contributed by atoms with Gasteiger partial charge in [0.1, 0.15) is 5.69 Å². The molecule has 4 nitrogen and oxygen atoms in total. The Labute approximate surface area is 124 Å². The normalized spacial score (nSPS) is 27.2. The zero-order chi connectivity index (χ0) is 14.3. The number of carbonyl (C=O) groups excluding carboxylic acids is 1. The molecule has 0 bridgehead atoms. The van der Waals surface area contributed by atoms with Gasteiger partial charge in [0, 0.05) is 30.1 Å². The van der Waals surface area contributed by atoms with E-state index in [9.17, 15) is 4.79 Å². The predicted octanol–water partition coefficient (Wildman–Crippen LogP) is 2.48. The molecule has 1 aliphatic carbocycles. The zero-order valence-electron chi connectivity index (χ0n) is 12.4. The summed E-state index contributed by atoms with van der Waals surface area (Å²) in [6.45, 7) is 8.64. The van der Waals surface area contributed by atoms with Gasteiger partial charge in [0.15, 0.2) is 0 Å². The van der Waals surface area contributed by atoms with Crippen LogP contribution in [0.25, 0.3) is 0 Å². The van der Waals surface area contributed by atoms with Gasteiger partial charge >= 0.3 is 0 Å². The molecule has 1 amide bonds. The molecule has 0 radical (unpaired) electrons. The maximum absolute atomic E-state index is 12.3. The van der Waals surface area contributed by atoms with Crippen LogP contribution in [0, 0.1) is 5.92 Å². The van der Waals surface area contributed by atoms with Crippen LogP contribution in [-0.2, 0) is 0 Å². The van der Waals surface area contributed by atoms with Crippen molar-refractivity contribution in [3.8, 4) is 0 Å². The molecule has 5 heteroatoms. The molecule has 2 atom stereocenters. The molecule has 3 rings (SSSR count). The van der Waals surface area contributed by atoms with Gasteiger partial charge in [-0.25, -0.2) is 0 Å². The third-order valence-electron chi connectivity index (χ3n) is 4.43. The highest BCUT2D eigenvalue weighted by atomic mass is 32.1. The van der Waals surface area contributed by atoms with Crippen molar-refractivity contribution in [1.29, 1.82) is 0 Å². The summed E-state index contributed by atoms with van der Waals surface area (Å²) in [5.41, 5.74) is 0.604. The number of likely N-dealkylation sites (tertiary alicyclic amines) is 1. The van der Waals surface area contributed by atoms with Gasteiger partial charge in [0.25, 0.3) is 5.91 Å². The Balaban J connectivity index is 1.60. The van der Waals surface area contributed by atoms with Crippen LogP contribution in [0.15, 0.2) is 6.07 Å². The number of nitrogens with one attached hydrogen (secondary N) is 1. The summed E-state index contributed by atoms with van der Waals surface area (Å²) < 4.78 is 4.31. The standard InChI is InChI=1S/C15H23N3OS/c1-9(2)18-7-10(3)13(8-18)16-15(19)12-6-14(20-17-12)11-4-5-11/h6,9-11,13H,4-5,7-8H2,1-3H3,(H,16,19). The summed E-state index contributed by atoms with van der Waals surface area (Å²) in [6.07, 6.45) is 2.51. The first-order valence-electron chi connectivity index (χ1n) is 7.56. The summed E-state index contributed by atoms with van der Waals surface area (Å²) >= 11 is 1.49. The largest absolute Gasteiger partial charge is 0.346 e. The Morgan fingerprint density at radius 2 is 2.20 bits per heavy atom. The van der Waals surface area contributed by atoms with Crippen LogP contribution < -0.4 is 5.32 Å². The van der Waals surface area contributed by atoms with E-state index in [-0.39, 0.29) is 11.9 Å². The van der Waals surface area contributed by atoms with Gasteiger partial charge < -0.3 is 5.32 Å². The number of carbonyl (C=O) groups is 1. The Bertz CT molecular complexity index is 495. The van der Waals surface area contributed by atoms with Gasteiger partial charge in [-0.2, -0.15) is 4.37 Å². The molecule has 2 fully saturated rings. The lowest BCUT2D eigenvalue weighted by molar-refractivity contribution is 0.0926. The first-order valence-corrected chi connectivity index (χ1v) is 8.33. The minimum absolute atomic E-state index is 0.00407. The van der Waals surface area contributed by atoms with Gasteiger partial charge in [-0.1, -0.05) is 6.92 Å².